The number of carboxylic acids is 1. The molecule has 0 radical (unpaired) electrons. The fourth-order valence-electron chi connectivity index (χ4n) is 3.45. The molecule has 3 rings (SSSR count). The molecule has 3 nitrogen and oxygen atoms in total. The van der Waals surface area contributed by atoms with Crippen LogP contribution in [-0.4, -0.2) is 11.1 Å². The van der Waals surface area contributed by atoms with Crippen LogP contribution in [0.2, 0.25) is 0 Å². The summed E-state index contributed by atoms with van der Waals surface area (Å²) in [5.41, 5.74) is 14.4. The van der Waals surface area contributed by atoms with Crippen molar-refractivity contribution >= 4 is 17.2 Å². The molecule has 0 saturated heterocycles. The van der Waals surface area contributed by atoms with Gasteiger partial charge in [0.15, 0.2) is 0 Å². The fourth-order valence-corrected chi connectivity index (χ4v) is 3.45. The van der Waals surface area contributed by atoms with Crippen LogP contribution in [0, 0.1) is 0 Å². The number of hydrogen-bond donors (Lipinski definition) is 2. The summed E-state index contributed by atoms with van der Waals surface area (Å²) in [7, 11) is 0. The lowest BCUT2D eigenvalue weighted by Crippen LogP contribution is -2.07. The third-order valence-corrected chi connectivity index (χ3v) is 4.75. The number of anilines is 1. The Labute approximate surface area is 142 Å². The lowest BCUT2D eigenvalue weighted by atomic mass is 9.81. The topological polar surface area (TPSA) is 63.3 Å². The second-order valence-corrected chi connectivity index (χ2v) is 6.34. The first kappa shape index (κ1) is 16.3. The van der Waals surface area contributed by atoms with Crippen LogP contribution in [-0.2, 0) is 17.6 Å². The number of allylic oxidation sites excluding steroid dienone is 1. The molecule has 0 atom stereocenters. The number of fused-ring (bicyclic) bond motifs is 1. The molecule has 3 N–H and O–H groups in total. The highest BCUT2D eigenvalue weighted by Crippen LogP contribution is 2.38. The highest BCUT2D eigenvalue weighted by molar-refractivity contribution is 5.86. The summed E-state index contributed by atoms with van der Waals surface area (Å²) in [5.74, 6) is -0.758. The third-order valence-electron chi connectivity index (χ3n) is 4.75. The number of carbonyl (C=O) groups is 1. The van der Waals surface area contributed by atoms with Crippen molar-refractivity contribution in [2.45, 2.75) is 39.0 Å². The van der Waals surface area contributed by atoms with Gasteiger partial charge in [-0.05, 0) is 65.6 Å². The van der Waals surface area contributed by atoms with Crippen LogP contribution in [0.25, 0.3) is 5.57 Å². The summed E-state index contributed by atoms with van der Waals surface area (Å²) >= 11 is 0. The zero-order valence-electron chi connectivity index (χ0n) is 14.0. The van der Waals surface area contributed by atoms with Crippen LogP contribution in [0.15, 0.2) is 48.0 Å². The van der Waals surface area contributed by atoms with Gasteiger partial charge in [0.1, 0.15) is 0 Å². The third kappa shape index (κ3) is 3.35. The first-order valence-corrected chi connectivity index (χ1v) is 8.50. The molecule has 2 aromatic carbocycles. The number of nitrogens with two attached hydrogens (primary N) is 1. The van der Waals surface area contributed by atoms with Crippen LogP contribution in [0.1, 0.15) is 48.4 Å². The maximum atomic E-state index is 10.7. The van der Waals surface area contributed by atoms with Crippen molar-refractivity contribution in [1.29, 1.82) is 0 Å². The van der Waals surface area contributed by atoms with E-state index in [0.29, 0.717) is 6.42 Å². The van der Waals surface area contributed by atoms with E-state index in [0.717, 1.165) is 30.5 Å². The summed E-state index contributed by atoms with van der Waals surface area (Å²) in [6.45, 7) is 2.20. The van der Waals surface area contributed by atoms with Crippen LogP contribution in [0.3, 0.4) is 0 Å². The molecule has 0 amide bonds. The van der Waals surface area contributed by atoms with Crippen LogP contribution in [0.4, 0.5) is 5.69 Å². The number of nitrogen functional groups attached to an aromatic ring is 1. The second kappa shape index (κ2) is 6.91. The number of rotatable bonds is 5. The standard InChI is InChI=1S/C21H23NO2/c1-2-15-8-9-16-10-11-18(22)13-19(16)21(15)17-6-3-14(4-7-17)5-12-20(23)24/h3-4,6-7,10-11,13H,2,5,8-9,12,22H2,1H3,(H,23,24). The molecular weight excluding hydrogens is 298 g/mol. The number of hydrogen-bond acceptors (Lipinski definition) is 2. The zero-order valence-corrected chi connectivity index (χ0v) is 14.0. The molecule has 0 bridgehead atoms. The summed E-state index contributed by atoms with van der Waals surface area (Å²) in [6.07, 6.45) is 3.92. The molecule has 0 saturated carbocycles. The Hall–Kier alpha value is -2.55. The van der Waals surface area contributed by atoms with Crippen molar-refractivity contribution < 1.29 is 9.90 Å². The van der Waals surface area contributed by atoms with Gasteiger partial charge < -0.3 is 10.8 Å². The van der Waals surface area contributed by atoms with Crippen molar-refractivity contribution in [3.05, 3.63) is 70.3 Å². The monoisotopic (exact) mass is 321 g/mol. The molecule has 24 heavy (non-hydrogen) atoms. The van der Waals surface area contributed by atoms with Gasteiger partial charge in [-0.15, -0.1) is 0 Å². The maximum absolute atomic E-state index is 10.7. The minimum absolute atomic E-state index is 0.168. The van der Waals surface area contributed by atoms with E-state index in [9.17, 15) is 4.79 Å². The molecule has 0 fully saturated rings. The van der Waals surface area contributed by atoms with E-state index < -0.39 is 5.97 Å². The van der Waals surface area contributed by atoms with Crippen molar-refractivity contribution in [2.75, 3.05) is 5.73 Å². The summed E-state index contributed by atoms with van der Waals surface area (Å²) in [6, 6.07) is 14.5. The largest absolute Gasteiger partial charge is 0.481 e. The van der Waals surface area contributed by atoms with E-state index in [-0.39, 0.29) is 6.42 Å². The molecule has 0 heterocycles. The minimum Gasteiger partial charge on any atom is -0.481 e. The first-order chi connectivity index (χ1) is 11.6. The Balaban J connectivity index is 1.98. The normalized spacial score (nSPS) is 13.7. The summed E-state index contributed by atoms with van der Waals surface area (Å²) in [5, 5.41) is 8.82. The number of aryl methyl sites for hydroxylation is 2. The molecule has 0 aromatic heterocycles. The van der Waals surface area contributed by atoms with Crippen LogP contribution in [0.5, 0.6) is 0 Å². The van der Waals surface area contributed by atoms with Gasteiger partial charge in [0.25, 0.3) is 0 Å². The van der Waals surface area contributed by atoms with E-state index in [1.807, 2.05) is 18.2 Å². The highest BCUT2D eigenvalue weighted by Gasteiger charge is 2.19. The van der Waals surface area contributed by atoms with Crippen molar-refractivity contribution in [2.24, 2.45) is 0 Å². The Morgan fingerprint density at radius 3 is 2.54 bits per heavy atom. The summed E-state index contributed by atoms with van der Waals surface area (Å²) < 4.78 is 0. The number of benzene rings is 2. The minimum atomic E-state index is -0.758. The van der Waals surface area contributed by atoms with E-state index in [1.165, 1.54) is 27.8 Å². The molecule has 124 valence electrons. The molecular formula is C21H23NO2. The molecule has 0 unspecified atom stereocenters. The fraction of sp³-hybridized carbons (Fsp3) is 0.286. The molecule has 0 aliphatic heterocycles. The van der Waals surface area contributed by atoms with Crippen molar-refractivity contribution in [3.63, 3.8) is 0 Å². The molecule has 3 heteroatoms. The Morgan fingerprint density at radius 2 is 1.88 bits per heavy atom. The smallest absolute Gasteiger partial charge is 0.303 e. The number of carboxylic acid groups (broad SMARTS) is 1. The van der Waals surface area contributed by atoms with Gasteiger partial charge in [-0.3, -0.25) is 4.79 Å². The molecule has 1 aliphatic carbocycles. The van der Waals surface area contributed by atoms with Crippen molar-refractivity contribution in [3.8, 4) is 0 Å². The molecule has 2 aromatic rings. The quantitative estimate of drug-likeness (QED) is 0.800. The van der Waals surface area contributed by atoms with E-state index in [2.05, 4.69) is 31.2 Å². The van der Waals surface area contributed by atoms with E-state index in [1.54, 1.807) is 0 Å². The van der Waals surface area contributed by atoms with Gasteiger partial charge >= 0.3 is 5.97 Å². The van der Waals surface area contributed by atoms with Gasteiger partial charge in [-0.25, -0.2) is 0 Å². The Bertz CT molecular complexity index is 788. The average molecular weight is 321 g/mol. The first-order valence-electron chi connectivity index (χ1n) is 8.50. The Morgan fingerprint density at radius 1 is 1.12 bits per heavy atom. The maximum Gasteiger partial charge on any atom is 0.303 e. The van der Waals surface area contributed by atoms with Gasteiger partial charge in [-0.2, -0.15) is 0 Å². The lowest BCUT2D eigenvalue weighted by Gasteiger charge is -2.24. The SMILES string of the molecule is CCC1=C(c2ccc(CCC(=O)O)cc2)c2cc(N)ccc2CC1. The second-order valence-electron chi connectivity index (χ2n) is 6.34. The van der Waals surface area contributed by atoms with Gasteiger partial charge in [-0.1, -0.05) is 42.8 Å². The molecule has 0 spiro atoms. The summed E-state index contributed by atoms with van der Waals surface area (Å²) in [4.78, 5) is 10.7. The predicted molar refractivity (Wildman–Crippen MR) is 97.9 cm³/mol. The van der Waals surface area contributed by atoms with Crippen LogP contribution < -0.4 is 5.73 Å². The Kier molecular flexibility index (Phi) is 4.70. The average Bonchev–Trinajstić information content (AvgIpc) is 2.59. The lowest BCUT2D eigenvalue weighted by molar-refractivity contribution is -0.136. The van der Waals surface area contributed by atoms with E-state index >= 15 is 0 Å². The van der Waals surface area contributed by atoms with E-state index in [4.69, 9.17) is 10.8 Å². The van der Waals surface area contributed by atoms with Gasteiger partial charge in [0.05, 0.1) is 0 Å². The number of aliphatic carboxylic acids is 1. The van der Waals surface area contributed by atoms with Crippen LogP contribution >= 0.6 is 0 Å². The van der Waals surface area contributed by atoms with Gasteiger partial charge in [0.2, 0.25) is 0 Å². The molecule has 1 aliphatic rings. The predicted octanol–water partition coefficient (Wildman–Crippen LogP) is 4.44. The zero-order chi connectivity index (χ0) is 17.1. The highest BCUT2D eigenvalue weighted by atomic mass is 16.4. The van der Waals surface area contributed by atoms with Gasteiger partial charge in [0, 0.05) is 12.1 Å². The van der Waals surface area contributed by atoms with Crippen molar-refractivity contribution in [1.82, 2.24) is 0 Å².